The van der Waals surface area contributed by atoms with Gasteiger partial charge in [-0.25, -0.2) is 0 Å². The Labute approximate surface area is 87.4 Å². The lowest BCUT2D eigenvalue weighted by Crippen LogP contribution is -2.00. The van der Waals surface area contributed by atoms with Crippen LogP contribution in [0.2, 0.25) is 0 Å². The van der Waals surface area contributed by atoms with Crippen LogP contribution < -0.4 is 0 Å². The van der Waals surface area contributed by atoms with Crippen LogP contribution in [0.3, 0.4) is 0 Å². The zero-order valence-corrected chi connectivity index (χ0v) is 8.38. The topological polar surface area (TPSA) is 87.5 Å². The first kappa shape index (κ1) is 13.1. The van der Waals surface area contributed by atoms with Crippen molar-refractivity contribution in [2.45, 2.75) is 19.8 Å². The molecule has 0 unspecified atom stereocenters. The molecule has 1 aromatic rings. The highest BCUT2D eigenvalue weighted by Gasteiger charge is 2.00. The molecule has 0 aromatic carbocycles. The quantitative estimate of drug-likeness (QED) is 0.787. The molecule has 0 radical (unpaired) electrons. The van der Waals surface area contributed by atoms with E-state index in [2.05, 4.69) is 4.98 Å². The maximum Gasteiger partial charge on any atom is 0.303 e. The SMILES string of the molecule is Cc1cccnc1.O=C(O)CCC(=O)O. The Morgan fingerprint density at radius 3 is 2.00 bits per heavy atom. The number of pyridine rings is 1. The van der Waals surface area contributed by atoms with E-state index in [0.717, 1.165) is 0 Å². The molecule has 0 aliphatic carbocycles. The van der Waals surface area contributed by atoms with Gasteiger partial charge in [0.2, 0.25) is 0 Å². The average Bonchev–Trinajstić information content (AvgIpc) is 2.17. The van der Waals surface area contributed by atoms with Gasteiger partial charge in [0.25, 0.3) is 0 Å². The Balaban J connectivity index is 0.000000262. The van der Waals surface area contributed by atoms with Gasteiger partial charge in [-0.05, 0) is 18.6 Å². The molecule has 1 heterocycles. The fraction of sp³-hybridized carbons (Fsp3) is 0.300. The highest BCUT2D eigenvalue weighted by atomic mass is 16.4. The number of aliphatic carboxylic acids is 2. The van der Waals surface area contributed by atoms with E-state index in [-0.39, 0.29) is 12.8 Å². The molecule has 0 saturated carbocycles. The molecule has 0 aliphatic heterocycles. The van der Waals surface area contributed by atoms with Gasteiger partial charge in [0, 0.05) is 12.4 Å². The average molecular weight is 211 g/mol. The summed E-state index contributed by atoms with van der Waals surface area (Å²) in [6.07, 6.45) is 3.01. The summed E-state index contributed by atoms with van der Waals surface area (Å²) in [5.74, 6) is -2.15. The Hall–Kier alpha value is -1.91. The van der Waals surface area contributed by atoms with E-state index >= 15 is 0 Å². The van der Waals surface area contributed by atoms with Crippen molar-refractivity contribution in [3.63, 3.8) is 0 Å². The van der Waals surface area contributed by atoms with Crippen molar-refractivity contribution < 1.29 is 19.8 Å². The summed E-state index contributed by atoms with van der Waals surface area (Å²) in [7, 11) is 0. The second-order valence-electron chi connectivity index (χ2n) is 2.82. The lowest BCUT2D eigenvalue weighted by atomic mass is 10.3. The van der Waals surface area contributed by atoms with Gasteiger partial charge in [-0.2, -0.15) is 0 Å². The molecule has 5 heteroatoms. The molecule has 0 amide bonds. The zero-order valence-electron chi connectivity index (χ0n) is 8.38. The normalized spacial score (nSPS) is 8.60. The number of aryl methyl sites for hydroxylation is 1. The van der Waals surface area contributed by atoms with Gasteiger partial charge >= 0.3 is 11.9 Å². The fourth-order valence-electron chi connectivity index (χ4n) is 0.662. The monoisotopic (exact) mass is 211 g/mol. The van der Waals surface area contributed by atoms with Crippen LogP contribution in [-0.2, 0) is 9.59 Å². The minimum absolute atomic E-state index is 0.296. The van der Waals surface area contributed by atoms with Gasteiger partial charge < -0.3 is 10.2 Å². The second-order valence-corrected chi connectivity index (χ2v) is 2.82. The predicted octanol–water partition coefficient (Wildman–Crippen LogP) is 1.33. The van der Waals surface area contributed by atoms with Crippen LogP contribution in [0.4, 0.5) is 0 Å². The minimum atomic E-state index is -1.08. The van der Waals surface area contributed by atoms with Crippen LogP contribution in [-0.4, -0.2) is 27.1 Å². The van der Waals surface area contributed by atoms with Crippen LogP contribution in [0.5, 0.6) is 0 Å². The fourth-order valence-corrected chi connectivity index (χ4v) is 0.662. The summed E-state index contributed by atoms with van der Waals surface area (Å²) in [4.78, 5) is 23.2. The number of aromatic nitrogens is 1. The highest BCUT2D eigenvalue weighted by Crippen LogP contribution is 1.88. The largest absolute Gasteiger partial charge is 0.481 e. The van der Waals surface area contributed by atoms with Gasteiger partial charge in [-0.3, -0.25) is 14.6 Å². The molecular weight excluding hydrogens is 198 g/mol. The van der Waals surface area contributed by atoms with E-state index in [1.165, 1.54) is 5.56 Å². The molecule has 15 heavy (non-hydrogen) atoms. The first-order valence-corrected chi connectivity index (χ1v) is 4.32. The molecule has 0 aliphatic rings. The van der Waals surface area contributed by atoms with E-state index in [1.807, 2.05) is 25.3 Å². The van der Waals surface area contributed by atoms with Crippen LogP contribution in [0.1, 0.15) is 18.4 Å². The Morgan fingerprint density at radius 2 is 1.80 bits per heavy atom. The van der Waals surface area contributed by atoms with Crippen LogP contribution >= 0.6 is 0 Å². The predicted molar refractivity (Wildman–Crippen MR) is 53.5 cm³/mol. The van der Waals surface area contributed by atoms with Crippen molar-refractivity contribution in [2.24, 2.45) is 0 Å². The lowest BCUT2D eigenvalue weighted by Gasteiger charge is -1.85. The van der Waals surface area contributed by atoms with Gasteiger partial charge in [0.15, 0.2) is 0 Å². The van der Waals surface area contributed by atoms with E-state index in [0.29, 0.717) is 0 Å². The molecule has 0 spiro atoms. The Morgan fingerprint density at radius 1 is 1.27 bits per heavy atom. The molecule has 1 aromatic heterocycles. The number of rotatable bonds is 3. The molecule has 1 rings (SSSR count). The number of carbonyl (C=O) groups is 2. The van der Waals surface area contributed by atoms with Crippen molar-refractivity contribution in [1.29, 1.82) is 0 Å². The summed E-state index contributed by atoms with van der Waals surface area (Å²) >= 11 is 0. The maximum absolute atomic E-state index is 9.64. The number of nitrogens with zero attached hydrogens (tertiary/aromatic N) is 1. The molecule has 0 fully saturated rings. The molecule has 0 bridgehead atoms. The molecule has 2 N–H and O–H groups in total. The summed E-state index contributed by atoms with van der Waals surface area (Å²) < 4.78 is 0. The zero-order chi connectivity index (χ0) is 11.7. The first-order valence-electron chi connectivity index (χ1n) is 4.32. The van der Waals surface area contributed by atoms with Gasteiger partial charge in [-0.1, -0.05) is 6.07 Å². The lowest BCUT2D eigenvalue weighted by molar-refractivity contribution is -0.143. The maximum atomic E-state index is 9.64. The van der Waals surface area contributed by atoms with Gasteiger partial charge in [0.05, 0.1) is 12.8 Å². The third-order valence-corrected chi connectivity index (χ3v) is 1.36. The Bertz CT molecular complexity index is 296. The molecule has 82 valence electrons. The van der Waals surface area contributed by atoms with E-state index in [1.54, 1.807) is 6.20 Å². The Kier molecular flexibility index (Phi) is 6.54. The summed E-state index contributed by atoms with van der Waals surface area (Å²) in [6.45, 7) is 2.02. The van der Waals surface area contributed by atoms with E-state index < -0.39 is 11.9 Å². The molecule has 5 nitrogen and oxygen atoms in total. The van der Waals surface area contributed by atoms with Crippen molar-refractivity contribution in [3.05, 3.63) is 30.1 Å². The molecule has 0 saturated heterocycles. The highest BCUT2D eigenvalue weighted by molar-refractivity contribution is 5.75. The minimum Gasteiger partial charge on any atom is -0.481 e. The smallest absolute Gasteiger partial charge is 0.303 e. The summed E-state index contributed by atoms with van der Waals surface area (Å²) in [5.41, 5.74) is 1.21. The van der Waals surface area contributed by atoms with E-state index in [4.69, 9.17) is 10.2 Å². The van der Waals surface area contributed by atoms with Crippen molar-refractivity contribution in [2.75, 3.05) is 0 Å². The van der Waals surface area contributed by atoms with Crippen molar-refractivity contribution in [1.82, 2.24) is 4.98 Å². The van der Waals surface area contributed by atoms with Crippen LogP contribution in [0, 0.1) is 6.92 Å². The van der Waals surface area contributed by atoms with Crippen molar-refractivity contribution >= 4 is 11.9 Å². The van der Waals surface area contributed by atoms with E-state index in [9.17, 15) is 9.59 Å². The van der Waals surface area contributed by atoms with Crippen LogP contribution in [0.25, 0.3) is 0 Å². The number of carboxylic acid groups (broad SMARTS) is 2. The summed E-state index contributed by atoms with van der Waals surface area (Å²) in [6, 6.07) is 3.95. The number of carboxylic acids is 2. The van der Waals surface area contributed by atoms with Gasteiger partial charge in [0.1, 0.15) is 0 Å². The first-order chi connectivity index (χ1) is 7.02. The molecular formula is C10H13NO4. The number of hydrogen-bond donors (Lipinski definition) is 2. The van der Waals surface area contributed by atoms with Crippen molar-refractivity contribution in [3.8, 4) is 0 Å². The third-order valence-electron chi connectivity index (χ3n) is 1.36. The third kappa shape index (κ3) is 10.0. The van der Waals surface area contributed by atoms with Crippen LogP contribution in [0.15, 0.2) is 24.5 Å². The molecule has 0 atom stereocenters. The van der Waals surface area contributed by atoms with Gasteiger partial charge in [-0.15, -0.1) is 0 Å². The standard InChI is InChI=1S/C6H7N.C4H6O4/c1-6-3-2-4-7-5-6;5-3(6)1-2-4(7)8/h2-5H,1H3;1-2H2,(H,5,6)(H,7,8). The summed E-state index contributed by atoms with van der Waals surface area (Å²) in [5, 5.41) is 15.8. The number of hydrogen-bond acceptors (Lipinski definition) is 3. The second kappa shape index (κ2) is 7.49.